The van der Waals surface area contributed by atoms with Crippen LogP contribution in [0.5, 0.6) is 11.5 Å². The van der Waals surface area contributed by atoms with Crippen LogP contribution in [-0.2, 0) is 0 Å². The Balaban J connectivity index is 2.00. The van der Waals surface area contributed by atoms with E-state index in [1.54, 1.807) is 14.2 Å². The zero-order valence-corrected chi connectivity index (χ0v) is 15.0. The molecule has 0 amide bonds. The minimum atomic E-state index is 0.397. The highest BCUT2D eigenvalue weighted by Crippen LogP contribution is 2.29. The van der Waals surface area contributed by atoms with E-state index in [4.69, 9.17) is 21.7 Å². The van der Waals surface area contributed by atoms with Crippen LogP contribution in [0.4, 0.5) is 5.69 Å². The van der Waals surface area contributed by atoms with Crippen molar-refractivity contribution in [2.75, 3.05) is 19.5 Å². The molecule has 0 radical (unpaired) electrons. The first-order valence-corrected chi connectivity index (χ1v) is 7.84. The van der Waals surface area contributed by atoms with Crippen LogP contribution in [0.15, 0.2) is 47.6 Å². The molecule has 0 heterocycles. The Hall–Kier alpha value is -2.60. The summed E-state index contributed by atoms with van der Waals surface area (Å²) < 4.78 is 10.5. The van der Waals surface area contributed by atoms with Crippen LogP contribution >= 0.6 is 12.2 Å². The zero-order chi connectivity index (χ0) is 17.5. The molecule has 5 nitrogen and oxygen atoms in total. The van der Waals surface area contributed by atoms with Gasteiger partial charge in [0, 0.05) is 11.8 Å². The highest BCUT2D eigenvalue weighted by molar-refractivity contribution is 7.80. The Morgan fingerprint density at radius 3 is 2.29 bits per heavy atom. The van der Waals surface area contributed by atoms with Crippen LogP contribution in [0.3, 0.4) is 0 Å². The van der Waals surface area contributed by atoms with Crippen molar-refractivity contribution < 1.29 is 9.47 Å². The number of hydrazone groups is 1. The summed E-state index contributed by atoms with van der Waals surface area (Å²) in [6.45, 7) is 3.98. The van der Waals surface area contributed by atoms with Gasteiger partial charge in [-0.2, -0.15) is 5.10 Å². The fourth-order valence-electron chi connectivity index (χ4n) is 2.07. The summed E-state index contributed by atoms with van der Waals surface area (Å²) in [7, 11) is 3.19. The van der Waals surface area contributed by atoms with Crippen LogP contribution in [-0.4, -0.2) is 25.0 Å². The monoisotopic (exact) mass is 343 g/mol. The molecule has 0 aromatic heterocycles. The largest absolute Gasteiger partial charge is 0.493 e. The van der Waals surface area contributed by atoms with Crippen molar-refractivity contribution in [3.05, 3.63) is 53.6 Å². The summed E-state index contributed by atoms with van der Waals surface area (Å²) >= 11 is 5.26. The molecule has 0 bridgehead atoms. The van der Waals surface area contributed by atoms with Gasteiger partial charge in [0.05, 0.1) is 19.9 Å². The van der Waals surface area contributed by atoms with E-state index in [0.717, 1.165) is 17.0 Å². The van der Waals surface area contributed by atoms with Gasteiger partial charge in [0.25, 0.3) is 0 Å². The van der Waals surface area contributed by atoms with E-state index in [1.807, 2.05) is 37.3 Å². The number of rotatable bonds is 5. The number of thiocarbonyl (C=S) groups is 1. The topological polar surface area (TPSA) is 54.9 Å². The molecule has 2 aromatic rings. The molecule has 0 aliphatic rings. The predicted molar refractivity (Wildman–Crippen MR) is 102 cm³/mol. The van der Waals surface area contributed by atoms with Crippen molar-refractivity contribution in [3.8, 4) is 11.5 Å². The summed E-state index contributed by atoms with van der Waals surface area (Å²) in [5.41, 5.74) is 6.74. The summed E-state index contributed by atoms with van der Waals surface area (Å²) in [5.74, 6) is 1.29. The number of nitrogens with zero attached hydrogens (tertiary/aromatic N) is 1. The number of anilines is 1. The van der Waals surface area contributed by atoms with Crippen molar-refractivity contribution >= 4 is 28.7 Å². The van der Waals surface area contributed by atoms with Crippen molar-refractivity contribution in [1.29, 1.82) is 0 Å². The number of hydrogen-bond donors (Lipinski definition) is 2. The lowest BCUT2D eigenvalue weighted by Gasteiger charge is -2.12. The van der Waals surface area contributed by atoms with Gasteiger partial charge in [-0.05, 0) is 43.8 Å². The molecular weight excluding hydrogens is 322 g/mol. The Morgan fingerprint density at radius 1 is 1.00 bits per heavy atom. The zero-order valence-electron chi connectivity index (χ0n) is 14.2. The highest BCUT2D eigenvalue weighted by atomic mass is 32.1. The van der Waals surface area contributed by atoms with E-state index in [2.05, 4.69) is 34.9 Å². The first-order chi connectivity index (χ1) is 11.5. The minimum absolute atomic E-state index is 0.397. The maximum Gasteiger partial charge on any atom is 0.191 e. The number of methoxy groups -OCH3 is 2. The van der Waals surface area contributed by atoms with Gasteiger partial charge in [-0.1, -0.05) is 29.8 Å². The van der Waals surface area contributed by atoms with Gasteiger partial charge in [-0.3, -0.25) is 5.43 Å². The number of hydrogen-bond acceptors (Lipinski definition) is 4. The second kappa shape index (κ2) is 8.31. The van der Waals surface area contributed by atoms with Crippen LogP contribution < -0.4 is 20.2 Å². The van der Waals surface area contributed by atoms with Crippen LogP contribution in [0.1, 0.15) is 18.1 Å². The molecule has 0 aliphatic heterocycles. The Morgan fingerprint density at radius 2 is 1.67 bits per heavy atom. The van der Waals surface area contributed by atoms with Crippen molar-refractivity contribution in [2.45, 2.75) is 13.8 Å². The second-order valence-corrected chi connectivity index (χ2v) is 5.61. The molecule has 126 valence electrons. The third kappa shape index (κ3) is 4.70. The molecule has 0 saturated heterocycles. The predicted octanol–water partition coefficient (Wildman–Crippen LogP) is 3.72. The van der Waals surface area contributed by atoms with E-state index >= 15 is 0 Å². The Labute approximate surface area is 147 Å². The quantitative estimate of drug-likeness (QED) is 0.492. The number of ether oxygens (including phenoxy) is 2. The average Bonchev–Trinajstić information content (AvgIpc) is 2.60. The number of aryl methyl sites for hydroxylation is 1. The Kier molecular flexibility index (Phi) is 6.14. The lowest BCUT2D eigenvalue weighted by molar-refractivity contribution is 0.355. The standard InChI is InChI=1S/C18H21N3O2S/c1-12-5-7-14(8-6-12)13(2)20-21-18(24)19-15-9-10-16(22-3)17(11-15)23-4/h5-11H,1-4H3,(H2,19,21,24)/b20-13+. The summed E-state index contributed by atoms with van der Waals surface area (Å²) in [5, 5.41) is 7.76. The lowest BCUT2D eigenvalue weighted by atomic mass is 10.1. The first kappa shape index (κ1) is 17.7. The van der Waals surface area contributed by atoms with Gasteiger partial charge in [0.2, 0.25) is 0 Å². The molecule has 0 aliphatic carbocycles. The second-order valence-electron chi connectivity index (χ2n) is 5.20. The molecule has 24 heavy (non-hydrogen) atoms. The highest BCUT2D eigenvalue weighted by Gasteiger charge is 2.05. The van der Waals surface area contributed by atoms with Gasteiger partial charge >= 0.3 is 0 Å². The molecule has 2 rings (SSSR count). The summed E-state index contributed by atoms with van der Waals surface area (Å²) in [6, 6.07) is 13.6. The van der Waals surface area contributed by atoms with Crippen LogP contribution in [0.2, 0.25) is 0 Å². The van der Waals surface area contributed by atoms with Crippen LogP contribution in [0.25, 0.3) is 0 Å². The van der Waals surface area contributed by atoms with Gasteiger partial charge in [-0.25, -0.2) is 0 Å². The fourth-order valence-corrected chi connectivity index (χ4v) is 2.23. The van der Waals surface area contributed by atoms with E-state index in [-0.39, 0.29) is 0 Å². The molecule has 0 atom stereocenters. The average molecular weight is 343 g/mol. The van der Waals surface area contributed by atoms with Gasteiger partial charge < -0.3 is 14.8 Å². The molecule has 6 heteroatoms. The fraction of sp³-hybridized carbons (Fsp3) is 0.222. The van der Waals surface area contributed by atoms with Crippen molar-refractivity contribution in [1.82, 2.24) is 5.43 Å². The first-order valence-electron chi connectivity index (χ1n) is 7.44. The summed E-state index contributed by atoms with van der Waals surface area (Å²) in [4.78, 5) is 0. The smallest absolute Gasteiger partial charge is 0.191 e. The molecule has 2 aromatic carbocycles. The minimum Gasteiger partial charge on any atom is -0.493 e. The maximum absolute atomic E-state index is 5.27. The summed E-state index contributed by atoms with van der Waals surface area (Å²) in [6.07, 6.45) is 0. The Bertz CT molecular complexity index is 742. The molecule has 0 spiro atoms. The third-order valence-corrected chi connectivity index (χ3v) is 3.63. The molecule has 0 fully saturated rings. The van der Waals surface area contributed by atoms with E-state index < -0.39 is 0 Å². The maximum atomic E-state index is 5.27. The van der Waals surface area contributed by atoms with E-state index in [0.29, 0.717) is 16.6 Å². The van der Waals surface area contributed by atoms with Gasteiger partial charge in [0.1, 0.15) is 0 Å². The normalized spacial score (nSPS) is 10.9. The van der Waals surface area contributed by atoms with Crippen molar-refractivity contribution in [2.24, 2.45) is 5.10 Å². The van der Waals surface area contributed by atoms with Gasteiger partial charge in [-0.15, -0.1) is 0 Å². The molecule has 0 unspecified atom stereocenters. The van der Waals surface area contributed by atoms with E-state index in [9.17, 15) is 0 Å². The van der Waals surface area contributed by atoms with Gasteiger partial charge in [0.15, 0.2) is 16.6 Å². The molecule has 0 saturated carbocycles. The molecular formula is C18H21N3O2S. The number of benzene rings is 2. The third-order valence-electron chi connectivity index (χ3n) is 3.44. The SMILES string of the molecule is COc1ccc(NC(=S)N/N=C(\C)c2ccc(C)cc2)cc1OC. The lowest BCUT2D eigenvalue weighted by Crippen LogP contribution is -2.25. The van der Waals surface area contributed by atoms with Crippen LogP contribution in [0, 0.1) is 6.92 Å². The van der Waals surface area contributed by atoms with Crippen molar-refractivity contribution in [3.63, 3.8) is 0 Å². The number of nitrogens with one attached hydrogen (secondary N) is 2. The van der Waals surface area contributed by atoms with E-state index in [1.165, 1.54) is 5.56 Å². The molecule has 2 N–H and O–H groups in total.